The fourth-order valence-corrected chi connectivity index (χ4v) is 3.56. The molecular formula is C19H34N4O3S. The maximum Gasteiger partial charge on any atom is 0.215 e. The predicted molar refractivity (Wildman–Crippen MR) is 111 cm³/mol. The third-order valence-electron chi connectivity index (χ3n) is 4.22. The van der Waals surface area contributed by atoms with Gasteiger partial charge in [-0.05, 0) is 43.9 Å². The van der Waals surface area contributed by atoms with E-state index in [2.05, 4.69) is 27.3 Å². The van der Waals surface area contributed by atoms with Crippen molar-refractivity contribution >= 4 is 16.0 Å². The Hall–Kier alpha value is -1.64. The van der Waals surface area contributed by atoms with Gasteiger partial charge in [-0.15, -0.1) is 0 Å². The zero-order valence-electron chi connectivity index (χ0n) is 16.7. The molecule has 1 unspecified atom stereocenters. The summed E-state index contributed by atoms with van der Waals surface area (Å²) >= 11 is 0. The van der Waals surface area contributed by atoms with Gasteiger partial charge in [0.05, 0.1) is 12.3 Å². The van der Waals surface area contributed by atoms with Crippen molar-refractivity contribution in [1.82, 2.24) is 15.4 Å². The third kappa shape index (κ3) is 9.74. The largest absolute Gasteiger partial charge is 0.396 e. The van der Waals surface area contributed by atoms with E-state index in [0.29, 0.717) is 12.5 Å². The van der Waals surface area contributed by atoms with E-state index in [1.54, 1.807) is 6.07 Å². The van der Waals surface area contributed by atoms with Crippen LogP contribution < -0.4 is 15.4 Å². The number of aliphatic hydroxyl groups excluding tert-OH is 1. The van der Waals surface area contributed by atoms with E-state index < -0.39 is 10.0 Å². The standard InChI is InChI=1S/C19H34N4O3S/c1-4-7-16(10-11-24)13-22-19(21-5-2)23-14-17-8-6-9-18(12-17)15-27(25,26)20-3/h6,8-9,12,16,20,24H,4-5,7,10-11,13-15H2,1-3H3,(H2,21,22,23). The van der Waals surface area contributed by atoms with E-state index in [4.69, 9.17) is 0 Å². The number of aliphatic hydroxyl groups is 1. The Morgan fingerprint density at radius 2 is 1.93 bits per heavy atom. The molecule has 0 aliphatic heterocycles. The van der Waals surface area contributed by atoms with Gasteiger partial charge in [-0.25, -0.2) is 18.1 Å². The number of sulfonamides is 1. The molecule has 7 nitrogen and oxygen atoms in total. The van der Waals surface area contributed by atoms with Crippen molar-refractivity contribution < 1.29 is 13.5 Å². The van der Waals surface area contributed by atoms with E-state index in [9.17, 15) is 13.5 Å². The molecule has 4 N–H and O–H groups in total. The van der Waals surface area contributed by atoms with Gasteiger partial charge in [-0.3, -0.25) is 0 Å². The lowest BCUT2D eigenvalue weighted by molar-refractivity contribution is 0.251. The monoisotopic (exact) mass is 398 g/mol. The molecule has 0 saturated heterocycles. The third-order valence-corrected chi connectivity index (χ3v) is 5.55. The lowest BCUT2D eigenvalue weighted by atomic mass is 10.0. The molecule has 1 aromatic carbocycles. The molecule has 154 valence electrons. The average molecular weight is 399 g/mol. The Morgan fingerprint density at radius 1 is 1.19 bits per heavy atom. The highest BCUT2D eigenvalue weighted by Gasteiger charge is 2.10. The normalized spacial score (nSPS) is 13.4. The highest BCUT2D eigenvalue weighted by molar-refractivity contribution is 7.88. The summed E-state index contributed by atoms with van der Waals surface area (Å²) in [5.74, 6) is 1.10. The molecule has 0 aliphatic carbocycles. The summed E-state index contributed by atoms with van der Waals surface area (Å²) in [6, 6.07) is 7.46. The zero-order chi connectivity index (χ0) is 20.1. The van der Waals surface area contributed by atoms with Crippen LogP contribution >= 0.6 is 0 Å². The van der Waals surface area contributed by atoms with Crippen LogP contribution in [-0.4, -0.2) is 46.2 Å². The molecule has 0 fully saturated rings. The smallest absolute Gasteiger partial charge is 0.215 e. The molecule has 27 heavy (non-hydrogen) atoms. The Morgan fingerprint density at radius 3 is 2.56 bits per heavy atom. The number of benzene rings is 1. The second-order valence-corrected chi connectivity index (χ2v) is 8.45. The summed E-state index contributed by atoms with van der Waals surface area (Å²) in [4.78, 5) is 4.60. The fourth-order valence-electron chi connectivity index (χ4n) is 2.80. The lowest BCUT2D eigenvalue weighted by Crippen LogP contribution is -2.40. The predicted octanol–water partition coefficient (Wildman–Crippen LogP) is 1.59. The summed E-state index contributed by atoms with van der Waals surface area (Å²) in [5, 5.41) is 15.8. The van der Waals surface area contributed by atoms with Crippen LogP contribution in [0, 0.1) is 5.92 Å². The Balaban J connectivity index is 2.74. The van der Waals surface area contributed by atoms with Crippen molar-refractivity contribution in [3.05, 3.63) is 35.4 Å². The highest BCUT2D eigenvalue weighted by Crippen LogP contribution is 2.11. The first-order valence-electron chi connectivity index (χ1n) is 9.56. The van der Waals surface area contributed by atoms with Crippen LogP contribution in [0.2, 0.25) is 0 Å². The zero-order valence-corrected chi connectivity index (χ0v) is 17.5. The van der Waals surface area contributed by atoms with Gasteiger partial charge in [0.2, 0.25) is 10.0 Å². The average Bonchev–Trinajstić information content (AvgIpc) is 2.64. The number of aliphatic imine (C=N–C) groups is 1. The van der Waals surface area contributed by atoms with Gasteiger partial charge in [0.25, 0.3) is 0 Å². The molecule has 0 bridgehead atoms. The molecule has 0 amide bonds. The molecule has 0 radical (unpaired) electrons. The van der Waals surface area contributed by atoms with Crippen LogP contribution in [0.3, 0.4) is 0 Å². The van der Waals surface area contributed by atoms with Crippen molar-refractivity contribution in [3.8, 4) is 0 Å². The first-order valence-corrected chi connectivity index (χ1v) is 11.2. The minimum absolute atomic E-state index is 0.0424. The van der Waals surface area contributed by atoms with Gasteiger partial charge in [0.1, 0.15) is 0 Å². The number of guanidine groups is 1. The summed E-state index contributed by atoms with van der Waals surface area (Å²) in [6.07, 6.45) is 2.93. The van der Waals surface area contributed by atoms with Crippen LogP contribution in [0.1, 0.15) is 44.2 Å². The maximum atomic E-state index is 11.7. The number of hydrogen-bond donors (Lipinski definition) is 4. The molecule has 0 aromatic heterocycles. The topological polar surface area (TPSA) is 103 Å². The van der Waals surface area contributed by atoms with Gasteiger partial charge >= 0.3 is 0 Å². The second-order valence-electron chi connectivity index (χ2n) is 6.53. The van der Waals surface area contributed by atoms with Crippen molar-refractivity contribution in [1.29, 1.82) is 0 Å². The van der Waals surface area contributed by atoms with Crippen molar-refractivity contribution in [2.45, 2.75) is 45.4 Å². The van der Waals surface area contributed by atoms with Crippen LogP contribution in [0.25, 0.3) is 0 Å². The number of nitrogens with zero attached hydrogens (tertiary/aromatic N) is 1. The SMILES string of the molecule is CCCC(CCO)CNC(=NCc1cccc(CS(=O)(=O)NC)c1)NCC. The van der Waals surface area contributed by atoms with Crippen LogP contribution in [-0.2, 0) is 22.3 Å². The summed E-state index contributed by atoms with van der Waals surface area (Å²) in [5.41, 5.74) is 1.69. The Labute approximate surface area is 163 Å². The number of hydrogen-bond acceptors (Lipinski definition) is 4. The van der Waals surface area contributed by atoms with Gasteiger partial charge in [0, 0.05) is 19.7 Å². The van der Waals surface area contributed by atoms with Gasteiger partial charge in [-0.1, -0.05) is 37.6 Å². The molecular weight excluding hydrogens is 364 g/mol. The summed E-state index contributed by atoms with van der Waals surface area (Å²) < 4.78 is 25.8. The second kappa shape index (κ2) is 12.7. The highest BCUT2D eigenvalue weighted by atomic mass is 32.2. The minimum Gasteiger partial charge on any atom is -0.396 e. The number of rotatable bonds is 12. The van der Waals surface area contributed by atoms with Crippen LogP contribution in [0.4, 0.5) is 0 Å². The maximum absolute atomic E-state index is 11.7. The van der Waals surface area contributed by atoms with E-state index in [0.717, 1.165) is 49.4 Å². The lowest BCUT2D eigenvalue weighted by Gasteiger charge is -2.18. The van der Waals surface area contributed by atoms with Crippen molar-refractivity contribution in [2.75, 3.05) is 26.7 Å². The van der Waals surface area contributed by atoms with E-state index in [1.807, 2.05) is 25.1 Å². The van der Waals surface area contributed by atoms with Gasteiger partial charge < -0.3 is 15.7 Å². The van der Waals surface area contributed by atoms with Gasteiger partial charge in [-0.2, -0.15) is 0 Å². The summed E-state index contributed by atoms with van der Waals surface area (Å²) in [6.45, 7) is 6.33. The van der Waals surface area contributed by atoms with Gasteiger partial charge in [0.15, 0.2) is 5.96 Å². The summed E-state index contributed by atoms with van der Waals surface area (Å²) in [7, 11) is -1.87. The van der Waals surface area contributed by atoms with Crippen LogP contribution in [0.15, 0.2) is 29.3 Å². The fraction of sp³-hybridized carbons (Fsp3) is 0.632. The molecule has 0 spiro atoms. The molecule has 1 atom stereocenters. The molecule has 8 heteroatoms. The number of nitrogens with one attached hydrogen (secondary N) is 3. The van der Waals surface area contributed by atoms with E-state index in [1.165, 1.54) is 7.05 Å². The first-order chi connectivity index (χ1) is 12.9. The molecule has 0 heterocycles. The van der Waals surface area contributed by atoms with Crippen molar-refractivity contribution in [2.24, 2.45) is 10.9 Å². The minimum atomic E-state index is -3.29. The Kier molecular flexibility index (Phi) is 11.0. The molecule has 1 rings (SSSR count). The Bertz CT molecular complexity index is 671. The molecule has 1 aromatic rings. The van der Waals surface area contributed by atoms with E-state index in [-0.39, 0.29) is 12.4 Å². The quantitative estimate of drug-likeness (QED) is 0.316. The molecule has 0 aliphatic rings. The van der Waals surface area contributed by atoms with E-state index >= 15 is 0 Å². The van der Waals surface area contributed by atoms with Crippen molar-refractivity contribution in [3.63, 3.8) is 0 Å². The van der Waals surface area contributed by atoms with Crippen LogP contribution in [0.5, 0.6) is 0 Å². The molecule has 0 saturated carbocycles. The first kappa shape index (κ1) is 23.4.